The number of hydrogen-bond donors (Lipinski definition) is 1. The van der Waals surface area contributed by atoms with E-state index in [-0.39, 0.29) is 17.4 Å². The van der Waals surface area contributed by atoms with Crippen LogP contribution in [0.3, 0.4) is 0 Å². The molecule has 2 aliphatic rings. The zero-order valence-electron chi connectivity index (χ0n) is 20.6. The van der Waals surface area contributed by atoms with Gasteiger partial charge in [0.25, 0.3) is 12.3 Å². The second-order valence-electron chi connectivity index (χ2n) is 9.90. The van der Waals surface area contributed by atoms with Gasteiger partial charge in [0.05, 0.1) is 11.2 Å². The number of benzene rings is 2. The normalized spacial score (nSPS) is 16.8. The molecule has 186 valence electrons. The van der Waals surface area contributed by atoms with Crippen molar-refractivity contribution in [2.75, 3.05) is 31.7 Å². The second-order valence-corrected chi connectivity index (χ2v) is 9.90. The summed E-state index contributed by atoms with van der Waals surface area (Å²) >= 11 is 0. The van der Waals surface area contributed by atoms with Crippen LogP contribution in [0.4, 0.5) is 20.2 Å². The minimum atomic E-state index is -2.52. The first-order valence-corrected chi connectivity index (χ1v) is 12.6. The Hall–Kier alpha value is -2.93. The van der Waals surface area contributed by atoms with E-state index in [2.05, 4.69) is 21.0 Å². The molecule has 0 radical (unpaired) electrons. The fourth-order valence-corrected chi connectivity index (χ4v) is 5.61. The molecule has 5 nitrogen and oxygen atoms in total. The summed E-state index contributed by atoms with van der Waals surface area (Å²) in [4.78, 5) is 14.6. The third-order valence-electron chi connectivity index (χ3n) is 7.44. The van der Waals surface area contributed by atoms with Gasteiger partial charge in [0.2, 0.25) is 0 Å². The first-order valence-electron chi connectivity index (χ1n) is 12.6. The summed E-state index contributed by atoms with van der Waals surface area (Å²) in [6.45, 7) is 6.12. The van der Waals surface area contributed by atoms with Crippen molar-refractivity contribution in [3.8, 4) is 0 Å². The van der Waals surface area contributed by atoms with Crippen molar-refractivity contribution in [3.05, 3.63) is 58.8 Å². The third-order valence-corrected chi connectivity index (χ3v) is 7.44. The lowest BCUT2D eigenvalue weighted by molar-refractivity contribution is 0.0707. The number of alkyl halides is 2. The van der Waals surface area contributed by atoms with Crippen molar-refractivity contribution in [1.29, 1.82) is 0 Å². The molecule has 0 spiro atoms. The molecule has 3 aromatic rings. The van der Waals surface area contributed by atoms with Gasteiger partial charge >= 0.3 is 0 Å². The average molecular weight is 482 g/mol. The molecule has 3 heterocycles. The molecule has 5 rings (SSSR count). The Morgan fingerprint density at radius 2 is 1.86 bits per heavy atom. The smallest absolute Gasteiger partial charge is 0.264 e. The SMILES string of the molecule is CNC(=O)c1ccc2c(c1)c(N1CCCc3cc(C(C)C)c(C(F)F)cc31)cn2C1CCOCC1. The van der Waals surface area contributed by atoms with E-state index >= 15 is 0 Å². The number of carbonyl (C=O) groups is 1. The highest BCUT2D eigenvalue weighted by molar-refractivity contribution is 6.03. The van der Waals surface area contributed by atoms with Crippen LogP contribution in [0.15, 0.2) is 36.5 Å². The average Bonchev–Trinajstić information content (AvgIpc) is 3.26. The Balaban J connectivity index is 1.69. The van der Waals surface area contributed by atoms with E-state index in [1.54, 1.807) is 13.1 Å². The summed E-state index contributed by atoms with van der Waals surface area (Å²) in [5.74, 6) is -0.109. The van der Waals surface area contributed by atoms with Gasteiger partial charge in [-0.25, -0.2) is 8.78 Å². The lowest BCUT2D eigenvalue weighted by atomic mass is 9.90. The van der Waals surface area contributed by atoms with Crippen molar-refractivity contribution in [1.82, 2.24) is 9.88 Å². The molecule has 0 atom stereocenters. The van der Waals surface area contributed by atoms with Crippen LogP contribution >= 0.6 is 0 Å². The minimum absolute atomic E-state index is 0.0326. The number of amides is 1. The molecule has 2 aromatic carbocycles. The highest BCUT2D eigenvalue weighted by atomic mass is 19.3. The fourth-order valence-electron chi connectivity index (χ4n) is 5.61. The number of aryl methyl sites for hydroxylation is 1. The number of anilines is 2. The second kappa shape index (κ2) is 9.61. The van der Waals surface area contributed by atoms with Gasteiger partial charge in [-0.1, -0.05) is 19.9 Å². The topological polar surface area (TPSA) is 46.5 Å². The van der Waals surface area contributed by atoms with Crippen LogP contribution in [0.2, 0.25) is 0 Å². The van der Waals surface area contributed by atoms with Crippen LogP contribution in [-0.2, 0) is 11.2 Å². The maximum absolute atomic E-state index is 14.1. The van der Waals surface area contributed by atoms with Gasteiger partial charge in [0.1, 0.15) is 0 Å². The predicted octanol–water partition coefficient (Wildman–Crippen LogP) is 6.50. The molecule has 35 heavy (non-hydrogen) atoms. The van der Waals surface area contributed by atoms with Gasteiger partial charge in [0, 0.05) is 61.2 Å². The van der Waals surface area contributed by atoms with E-state index in [4.69, 9.17) is 4.74 Å². The summed E-state index contributed by atoms with van der Waals surface area (Å²) in [6.07, 6.45) is 3.29. The molecule has 1 saturated heterocycles. The molecule has 7 heteroatoms. The van der Waals surface area contributed by atoms with Gasteiger partial charge in [-0.15, -0.1) is 0 Å². The number of fused-ring (bicyclic) bond motifs is 2. The lowest BCUT2D eigenvalue weighted by Crippen LogP contribution is -2.25. The van der Waals surface area contributed by atoms with E-state index < -0.39 is 6.43 Å². The quantitative estimate of drug-likeness (QED) is 0.453. The Labute approximate surface area is 205 Å². The first kappa shape index (κ1) is 23.8. The maximum Gasteiger partial charge on any atom is 0.264 e. The largest absolute Gasteiger partial charge is 0.381 e. The molecule has 1 fully saturated rings. The van der Waals surface area contributed by atoms with Crippen LogP contribution in [0.1, 0.15) is 78.5 Å². The molecule has 0 aliphatic carbocycles. The van der Waals surface area contributed by atoms with Gasteiger partial charge in [-0.3, -0.25) is 4.79 Å². The summed E-state index contributed by atoms with van der Waals surface area (Å²) in [5, 5.41) is 3.68. The standard InChI is InChI=1S/C28H33F2N3O2/c1-17(2)21-13-18-5-4-10-32(25(18)15-22(21)27(29)30)26-16-33(20-8-11-35-12-9-20)24-7-6-19(14-23(24)26)28(34)31-3/h6-7,13-17,20,27H,4-5,8-12H2,1-3H3,(H,31,34). The summed E-state index contributed by atoms with van der Waals surface area (Å²) < 4.78 is 36.1. The summed E-state index contributed by atoms with van der Waals surface area (Å²) in [7, 11) is 1.62. The van der Waals surface area contributed by atoms with Crippen LogP contribution < -0.4 is 10.2 Å². The molecular weight excluding hydrogens is 448 g/mol. The Morgan fingerprint density at radius 1 is 1.09 bits per heavy atom. The number of ether oxygens (including phenoxy) is 1. The van der Waals surface area contributed by atoms with Crippen molar-refractivity contribution in [2.24, 2.45) is 0 Å². The number of nitrogens with one attached hydrogen (secondary N) is 1. The minimum Gasteiger partial charge on any atom is -0.381 e. The van der Waals surface area contributed by atoms with Crippen LogP contribution in [0, 0.1) is 0 Å². The number of hydrogen-bond acceptors (Lipinski definition) is 3. The number of halogens is 2. The van der Waals surface area contributed by atoms with E-state index in [0.717, 1.165) is 78.8 Å². The van der Waals surface area contributed by atoms with Gasteiger partial charge in [0.15, 0.2) is 0 Å². The fraction of sp³-hybridized carbons (Fsp3) is 0.464. The molecular formula is C28H33F2N3O2. The predicted molar refractivity (Wildman–Crippen MR) is 135 cm³/mol. The molecule has 1 aromatic heterocycles. The van der Waals surface area contributed by atoms with E-state index in [9.17, 15) is 13.6 Å². The van der Waals surface area contributed by atoms with Crippen molar-refractivity contribution < 1.29 is 18.3 Å². The van der Waals surface area contributed by atoms with Gasteiger partial charge < -0.3 is 19.5 Å². The molecule has 0 unspecified atom stereocenters. The monoisotopic (exact) mass is 481 g/mol. The highest BCUT2D eigenvalue weighted by Crippen LogP contribution is 2.43. The van der Waals surface area contributed by atoms with E-state index in [0.29, 0.717) is 11.6 Å². The molecule has 2 aliphatic heterocycles. The number of carbonyl (C=O) groups excluding carboxylic acids is 1. The zero-order chi connectivity index (χ0) is 24.7. The highest BCUT2D eigenvalue weighted by Gasteiger charge is 2.28. The van der Waals surface area contributed by atoms with Crippen molar-refractivity contribution >= 4 is 28.2 Å². The Bertz CT molecular complexity index is 1240. The van der Waals surface area contributed by atoms with Crippen LogP contribution in [0.5, 0.6) is 0 Å². The van der Waals surface area contributed by atoms with Crippen LogP contribution in [-0.4, -0.2) is 37.3 Å². The maximum atomic E-state index is 14.1. The van der Waals surface area contributed by atoms with Gasteiger partial charge in [-0.05, 0) is 67.0 Å². The number of rotatable bonds is 5. The molecule has 1 amide bonds. The molecule has 1 N–H and O–H groups in total. The van der Waals surface area contributed by atoms with E-state index in [1.165, 1.54) is 0 Å². The van der Waals surface area contributed by atoms with E-state index in [1.807, 2.05) is 38.1 Å². The van der Waals surface area contributed by atoms with Crippen molar-refractivity contribution in [3.63, 3.8) is 0 Å². The van der Waals surface area contributed by atoms with Crippen LogP contribution in [0.25, 0.3) is 10.9 Å². The Kier molecular flexibility index (Phi) is 6.53. The van der Waals surface area contributed by atoms with Gasteiger partial charge in [-0.2, -0.15) is 0 Å². The number of aromatic nitrogens is 1. The molecule has 0 bridgehead atoms. The number of nitrogens with zero attached hydrogens (tertiary/aromatic N) is 2. The molecule has 0 saturated carbocycles. The summed E-state index contributed by atoms with van der Waals surface area (Å²) in [6, 6.07) is 9.79. The first-order chi connectivity index (χ1) is 16.9. The Morgan fingerprint density at radius 3 is 2.54 bits per heavy atom. The van der Waals surface area contributed by atoms with Crippen molar-refractivity contribution in [2.45, 2.75) is 57.9 Å². The third kappa shape index (κ3) is 4.31. The zero-order valence-corrected chi connectivity index (χ0v) is 20.6. The summed E-state index contributed by atoms with van der Waals surface area (Å²) in [5.41, 5.74) is 5.42. The lowest BCUT2D eigenvalue weighted by Gasteiger charge is -2.33.